The Labute approximate surface area is 330 Å². The molecule has 20 atom stereocenters. The van der Waals surface area contributed by atoms with E-state index in [2.05, 4.69) is 0 Å². The van der Waals surface area contributed by atoms with Crippen LogP contribution in [0.4, 0.5) is 0 Å². The van der Waals surface area contributed by atoms with Crippen molar-refractivity contribution in [3.05, 3.63) is 0 Å². The number of cyclic esters (lactones) is 1. The maximum absolute atomic E-state index is 13.7. The molecule has 0 aliphatic carbocycles. The number of rotatable bonds is 11. The smallest absolute Gasteiger partial charge is 0.308 e. The van der Waals surface area contributed by atoms with Gasteiger partial charge in [0, 0.05) is 44.8 Å². The van der Waals surface area contributed by atoms with Crippen molar-refractivity contribution < 1.29 is 78.1 Å². The highest BCUT2D eigenvalue weighted by molar-refractivity contribution is 5.70. The van der Waals surface area contributed by atoms with Gasteiger partial charge in [-0.15, -0.1) is 0 Å². The lowest BCUT2D eigenvalue weighted by Crippen LogP contribution is -2.63. The molecule has 0 aromatic carbocycles. The van der Waals surface area contributed by atoms with Crippen LogP contribution in [0.5, 0.6) is 0 Å². The summed E-state index contributed by atoms with van der Waals surface area (Å²) in [6, 6.07) is -0.759. The van der Waals surface area contributed by atoms with E-state index in [9.17, 15) is 40.2 Å². The molecule has 4 heterocycles. The fourth-order valence-electron chi connectivity index (χ4n) is 9.14. The van der Waals surface area contributed by atoms with Gasteiger partial charge < -0.3 is 78.2 Å². The molecule has 0 aromatic rings. The van der Waals surface area contributed by atoms with E-state index < -0.39 is 133 Å². The minimum absolute atomic E-state index is 0.0623. The monoisotopic (exact) mass is 807 g/mol. The van der Waals surface area contributed by atoms with Gasteiger partial charge in [0.05, 0.1) is 61.3 Å². The van der Waals surface area contributed by atoms with Crippen LogP contribution in [-0.2, 0) is 47.5 Å². The SMILES string of the molecule is CC[C@H]1OC(=O)C[C@@H](O)[C@H](C)[C@@H](O[C@@H]2O[C@H](C)[C@@H](O)[C@H](N(C)C)[C@H]2O)[C@@H](CC=O)C[C@@H](C)C2(O)CCC(C)(O2)C(O)[C@@H]1CO[C@@H]1O[C@H](C)[C@@H](O)[C@@H](OC)[C@H]1OC. The van der Waals surface area contributed by atoms with Crippen molar-refractivity contribution in [3.63, 3.8) is 0 Å². The zero-order valence-electron chi connectivity index (χ0n) is 34.6. The fourth-order valence-corrected chi connectivity index (χ4v) is 9.14. The van der Waals surface area contributed by atoms with Crippen LogP contribution < -0.4 is 0 Å². The van der Waals surface area contributed by atoms with Gasteiger partial charge in [-0.25, -0.2) is 0 Å². The predicted molar refractivity (Wildman–Crippen MR) is 198 cm³/mol. The Bertz CT molecular complexity index is 1260. The number of hydrogen-bond acceptors (Lipinski definition) is 17. The topological polar surface area (TPSA) is 233 Å². The quantitative estimate of drug-likeness (QED) is 0.120. The summed E-state index contributed by atoms with van der Waals surface area (Å²) in [6.45, 7) is 9.99. The molecule has 0 saturated carbocycles. The Morgan fingerprint density at radius 3 is 2.11 bits per heavy atom. The number of carbonyl (C=O) groups is 2. The zero-order valence-corrected chi connectivity index (χ0v) is 34.6. The minimum Gasteiger partial charge on any atom is -0.462 e. The second-order valence-corrected chi connectivity index (χ2v) is 16.9. The number of aliphatic hydroxyl groups is 6. The molecule has 3 unspecified atom stereocenters. The van der Waals surface area contributed by atoms with Crippen molar-refractivity contribution in [1.82, 2.24) is 4.90 Å². The number of nitrogens with zero attached hydrogens (tertiary/aromatic N) is 1. The highest BCUT2D eigenvalue weighted by Crippen LogP contribution is 2.47. The molecule has 0 radical (unpaired) electrons. The number of ether oxygens (including phenoxy) is 8. The fraction of sp³-hybridized carbons (Fsp3) is 0.949. The number of likely N-dealkylation sites (N-methyl/N-ethyl adjacent to an activating group) is 1. The number of esters is 1. The molecule has 4 rings (SSSR count). The molecule has 4 aliphatic heterocycles. The molecule has 17 heteroatoms. The van der Waals surface area contributed by atoms with Gasteiger partial charge >= 0.3 is 5.97 Å². The molecule has 4 aliphatic rings. The summed E-state index contributed by atoms with van der Waals surface area (Å²) in [4.78, 5) is 27.6. The van der Waals surface area contributed by atoms with Crippen molar-refractivity contribution in [3.8, 4) is 0 Å². The maximum atomic E-state index is 13.7. The van der Waals surface area contributed by atoms with Crippen LogP contribution in [0, 0.1) is 23.7 Å². The lowest BCUT2D eigenvalue weighted by Gasteiger charge is -2.47. The van der Waals surface area contributed by atoms with E-state index in [1.54, 1.807) is 60.5 Å². The van der Waals surface area contributed by atoms with Crippen LogP contribution in [0.3, 0.4) is 0 Å². The molecule has 0 spiro atoms. The molecule has 2 bridgehead atoms. The highest BCUT2D eigenvalue weighted by Gasteiger charge is 2.56. The number of aldehydes is 1. The third-order valence-corrected chi connectivity index (χ3v) is 12.8. The van der Waals surface area contributed by atoms with E-state index in [0.29, 0.717) is 6.29 Å². The average molecular weight is 808 g/mol. The second-order valence-electron chi connectivity index (χ2n) is 16.9. The summed E-state index contributed by atoms with van der Waals surface area (Å²) in [6.07, 6.45) is -12.5. The van der Waals surface area contributed by atoms with Crippen molar-refractivity contribution >= 4 is 12.3 Å². The van der Waals surface area contributed by atoms with Gasteiger partial charge in [0.2, 0.25) is 0 Å². The maximum Gasteiger partial charge on any atom is 0.308 e. The van der Waals surface area contributed by atoms with Crippen molar-refractivity contribution in [2.24, 2.45) is 23.7 Å². The van der Waals surface area contributed by atoms with Crippen LogP contribution >= 0.6 is 0 Å². The van der Waals surface area contributed by atoms with Gasteiger partial charge in [-0.05, 0) is 60.0 Å². The average Bonchev–Trinajstić information content (AvgIpc) is 3.48. The Balaban J connectivity index is 1.69. The standard InChI is InChI=1S/C39H69NO16/c1-11-26-24(18-51-37-34(50-10)33(49-9)30(45)22(5)53-37)35(47)38(6)13-14-39(48,56-38)19(2)16-23(12-15-41)32(20(3)25(42)17-27(43)54-26)55-36-31(46)28(40(7)8)29(44)21(4)52-36/h15,19-26,28-37,42,44-48H,11-14,16-18H2,1-10H3/t19-,20+,21-,22-,23+,24-,25-,26-,28+,29-,30-,31-,32-,33-,34-,35?,36+,37-,38?,39?/m1/s1. The molecule has 56 heavy (non-hydrogen) atoms. The zero-order chi connectivity index (χ0) is 41.9. The number of fused-ring (bicyclic) bond motifs is 2. The Kier molecular flexibility index (Phi) is 16.7. The Morgan fingerprint density at radius 1 is 0.893 bits per heavy atom. The van der Waals surface area contributed by atoms with Crippen LogP contribution in [0.25, 0.3) is 0 Å². The van der Waals surface area contributed by atoms with Crippen molar-refractivity contribution in [2.75, 3.05) is 34.9 Å². The molecule has 0 aromatic heterocycles. The molecule has 4 fully saturated rings. The van der Waals surface area contributed by atoms with Gasteiger partial charge in [-0.3, -0.25) is 4.79 Å². The predicted octanol–water partition coefficient (Wildman–Crippen LogP) is 0.109. The summed E-state index contributed by atoms with van der Waals surface area (Å²) >= 11 is 0. The first kappa shape index (κ1) is 47.3. The van der Waals surface area contributed by atoms with Crippen molar-refractivity contribution in [1.29, 1.82) is 0 Å². The van der Waals surface area contributed by atoms with E-state index in [1.807, 2.05) is 0 Å². The second kappa shape index (κ2) is 19.8. The van der Waals surface area contributed by atoms with E-state index in [1.165, 1.54) is 14.2 Å². The summed E-state index contributed by atoms with van der Waals surface area (Å²) in [5.41, 5.74) is -1.36. The first-order valence-corrected chi connectivity index (χ1v) is 20.0. The molecule has 6 N–H and O–H groups in total. The number of carbonyl (C=O) groups excluding carboxylic acids is 2. The van der Waals surface area contributed by atoms with E-state index in [4.69, 9.17) is 37.9 Å². The Morgan fingerprint density at radius 2 is 1.52 bits per heavy atom. The molecule has 0 amide bonds. The molecular weight excluding hydrogens is 738 g/mol. The van der Waals surface area contributed by atoms with E-state index in [0.717, 1.165) is 0 Å². The number of hydrogen-bond donors (Lipinski definition) is 6. The normalized spacial score (nSPS) is 48.6. The van der Waals surface area contributed by atoms with Crippen LogP contribution in [0.1, 0.15) is 80.1 Å². The molecule has 17 nitrogen and oxygen atoms in total. The third kappa shape index (κ3) is 10.1. The summed E-state index contributed by atoms with van der Waals surface area (Å²) in [5, 5.41) is 68.8. The molecule has 4 saturated heterocycles. The third-order valence-electron chi connectivity index (χ3n) is 12.8. The Hall–Kier alpha value is -1.42. The molecule has 326 valence electrons. The summed E-state index contributed by atoms with van der Waals surface area (Å²) in [7, 11) is 6.29. The van der Waals surface area contributed by atoms with Gasteiger partial charge in [-0.2, -0.15) is 0 Å². The highest BCUT2D eigenvalue weighted by atomic mass is 16.7. The summed E-state index contributed by atoms with van der Waals surface area (Å²) in [5.74, 6) is -5.61. The largest absolute Gasteiger partial charge is 0.462 e. The van der Waals surface area contributed by atoms with Gasteiger partial charge in [0.1, 0.15) is 36.8 Å². The number of aliphatic hydroxyl groups excluding tert-OH is 5. The summed E-state index contributed by atoms with van der Waals surface area (Å²) < 4.78 is 48.2. The van der Waals surface area contributed by atoms with Crippen LogP contribution in [-0.4, -0.2) is 180 Å². The number of methoxy groups -OCH3 is 2. The van der Waals surface area contributed by atoms with Crippen molar-refractivity contribution in [2.45, 2.75) is 177 Å². The van der Waals surface area contributed by atoms with Gasteiger partial charge in [0.15, 0.2) is 18.4 Å². The lowest BCUT2D eigenvalue weighted by atomic mass is 9.78. The molecular formula is C39H69NO16. The first-order valence-electron chi connectivity index (χ1n) is 20.0. The first-order chi connectivity index (χ1) is 26.3. The van der Waals surface area contributed by atoms with E-state index in [-0.39, 0.29) is 38.7 Å². The van der Waals surface area contributed by atoms with Gasteiger partial charge in [0.25, 0.3) is 0 Å². The van der Waals surface area contributed by atoms with E-state index >= 15 is 0 Å². The minimum atomic E-state index is -1.77. The van der Waals surface area contributed by atoms with Gasteiger partial charge in [-0.1, -0.05) is 20.8 Å². The lowest BCUT2D eigenvalue weighted by molar-refractivity contribution is -0.311. The van der Waals surface area contributed by atoms with Crippen LogP contribution in [0.2, 0.25) is 0 Å². The van der Waals surface area contributed by atoms with Crippen LogP contribution in [0.15, 0.2) is 0 Å².